The second-order valence-electron chi connectivity index (χ2n) is 6.06. The van der Waals surface area contributed by atoms with Crippen LogP contribution in [0.4, 0.5) is 11.5 Å². The zero-order valence-electron chi connectivity index (χ0n) is 13.6. The van der Waals surface area contributed by atoms with E-state index in [1.54, 1.807) is 19.2 Å². The standard InChI is InChI=1S/C18H20N4O2/c1-24-14-8-6-13(7-9-14)20-17-15(11-19)18(23)22-16(21-17)10-12-4-2-3-5-12/h6-9,12H,2-5,10H2,1H3,(H2,20,21,22,23). The number of methoxy groups -OCH3 is 1. The van der Waals surface area contributed by atoms with Crippen LogP contribution in [0.5, 0.6) is 5.75 Å². The molecule has 1 aromatic carbocycles. The predicted molar refractivity (Wildman–Crippen MR) is 91.5 cm³/mol. The normalized spacial score (nSPS) is 14.3. The Balaban J connectivity index is 1.87. The lowest BCUT2D eigenvalue weighted by atomic mass is 10.0. The summed E-state index contributed by atoms with van der Waals surface area (Å²) >= 11 is 0. The molecule has 1 saturated carbocycles. The van der Waals surface area contributed by atoms with E-state index in [0.29, 0.717) is 17.6 Å². The summed E-state index contributed by atoms with van der Waals surface area (Å²) in [6.07, 6.45) is 5.57. The highest BCUT2D eigenvalue weighted by Crippen LogP contribution is 2.27. The van der Waals surface area contributed by atoms with Crippen molar-refractivity contribution in [1.82, 2.24) is 9.97 Å². The number of hydrogen-bond acceptors (Lipinski definition) is 5. The molecular weight excluding hydrogens is 304 g/mol. The molecule has 3 rings (SSSR count). The summed E-state index contributed by atoms with van der Waals surface area (Å²) in [4.78, 5) is 19.4. The lowest BCUT2D eigenvalue weighted by molar-refractivity contribution is 0.415. The predicted octanol–water partition coefficient (Wildman–Crippen LogP) is 3.13. The molecule has 6 nitrogen and oxygen atoms in total. The SMILES string of the molecule is COc1ccc(Nc2nc(CC3CCCC3)[nH]c(=O)c2C#N)cc1. The highest BCUT2D eigenvalue weighted by Gasteiger charge is 2.18. The van der Waals surface area contributed by atoms with Crippen molar-refractivity contribution in [3.8, 4) is 11.8 Å². The van der Waals surface area contributed by atoms with Gasteiger partial charge in [0.25, 0.3) is 5.56 Å². The van der Waals surface area contributed by atoms with E-state index in [2.05, 4.69) is 15.3 Å². The van der Waals surface area contributed by atoms with E-state index in [0.717, 1.165) is 17.9 Å². The fourth-order valence-corrected chi connectivity index (χ4v) is 3.11. The van der Waals surface area contributed by atoms with E-state index < -0.39 is 5.56 Å². The van der Waals surface area contributed by atoms with Crippen LogP contribution in [0.25, 0.3) is 0 Å². The number of hydrogen-bond donors (Lipinski definition) is 2. The third-order valence-corrected chi connectivity index (χ3v) is 4.39. The van der Waals surface area contributed by atoms with Crippen molar-refractivity contribution in [3.05, 3.63) is 46.0 Å². The fraction of sp³-hybridized carbons (Fsp3) is 0.389. The minimum absolute atomic E-state index is 0.000917. The summed E-state index contributed by atoms with van der Waals surface area (Å²) in [5.74, 6) is 2.25. The van der Waals surface area contributed by atoms with Crippen molar-refractivity contribution in [1.29, 1.82) is 5.26 Å². The quantitative estimate of drug-likeness (QED) is 0.882. The minimum Gasteiger partial charge on any atom is -0.497 e. The largest absolute Gasteiger partial charge is 0.497 e. The third-order valence-electron chi connectivity index (χ3n) is 4.39. The molecule has 2 N–H and O–H groups in total. The molecule has 0 bridgehead atoms. The van der Waals surface area contributed by atoms with Gasteiger partial charge in [-0.25, -0.2) is 4.98 Å². The summed E-state index contributed by atoms with van der Waals surface area (Å²) in [5.41, 5.74) is 0.356. The molecule has 0 aliphatic heterocycles. The van der Waals surface area contributed by atoms with E-state index in [9.17, 15) is 10.1 Å². The second-order valence-corrected chi connectivity index (χ2v) is 6.06. The minimum atomic E-state index is -0.392. The highest BCUT2D eigenvalue weighted by atomic mass is 16.5. The summed E-state index contributed by atoms with van der Waals surface area (Å²) < 4.78 is 5.13. The fourth-order valence-electron chi connectivity index (χ4n) is 3.11. The van der Waals surface area contributed by atoms with Crippen LogP contribution in [0.3, 0.4) is 0 Å². The number of nitrogens with one attached hydrogen (secondary N) is 2. The second kappa shape index (κ2) is 7.18. The summed E-state index contributed by atoms with van der Waals surface area (Å²) in [6.45, 7) is 0. The number of aromatic amines is 1. The van der Waals surface area contributed by atoms with Gasteiger partial charge in [0.1, 0.15) is 17.6 Å². The maximum Gasteiger partial charge on any atom is 0.271 e. The Morgan fingerprint density at radius 3 is 2.67 bits per heavy atom. The maximum atomic E-state index is 12.2. The van der Waals surface area contributed by atoms with Gasteiger partial charge in [-0.1, -0.05) is 25.7 Å². The topological polar surface area (TPSA) is 90.8 Å². The first kappa shape index (κ1) is 16.1. The Labute approximate surface area is 140 Å². The molecule has 124 valence electrons. The van der Waals surface area contributed by atoms with Gasteiger partial charge in [-0.15, -0.1) is 0 Å². The molecule has 0 amide bonds. The first-order valence-corrected chi connectivity index (χ1v) is 8.14. The van der Waals surface area contributed by atoms with Gasteiger partial charge < -0.3 is 15.0 Å². The summed E-state index contributed by atoms with van der Waals surface area (Å²) in [7, 11) is 1.60. The van der Waals surface area contributed by atoms with Crippen molar-refractivity contribution < 1.29 is 4.74 Å². The molecule has 1 aliphatic carbocycles. The van der Waals surface area contributed by atoms with Crippen LogP contribution in [-0.2, 0) is 6.42 Å². The van der Waals surface area contributed by atoms with E-state index in [4.69, 9.17) is 4.74 Å². The lowest BCUT2D eigenvalue weighted by Crippen LogP contribution is -2.19. The van der Waals surface area contributed by atoms with E-state index in [-0.39, 0.29) is 5.56 Å². The van der Waals surface area contributed by atoms with E-state index in [1.807, 2.05) is 18.2 Å². The monoisotopic (exact) mass is 324 g/mol. The van der Waals surface area contributed by atoms with Gasteiger partial charge in [0.05, 0.1) is 7.11 Å². The Bertz CT molecular complexity index is 799. The van der Waals surface area contributed by atoms with Gasteiger partial charge in [-0.2, -0.15) is 5.26 Å². The first-order chi connectivity index (χ1) is 11.7. The van der Waals surface area contributed by atoms with Gasteiger partial charge in [-0.05, 0) is 30.2 Å². The molecule has 24 heavy (non-hydrogen) atoms. The maximum absolute atomic E-state index is 12.2. The summed E-state index contributed by atoms with van der Waals surface area (Å²) in [6, 6.07) is 9.19. The number of nitriles is 1. The van der Waals surface area contributed by atoms with Crippen molar-refractivity contribution in [3.63, 3.8) is 0 Å². The molecule has 1 heterocycles. The molecule has 0 radical (unpaired) electrons. The van der Waals surface area contributed by atoms with Crippen LogP contribution in [0, 0.1) is 17.2 Å². The third kappa shape index (κ3) is 3.57. The molecule has 1 fully saturated rings. The van der Waals surface area contributed by atoms with Crippen LogP contribution < -0.4 is 15.6 Å². The molecule has 2 aromatic rings. The Morgan fingerprint density at radius 1 is 1.33 bits per heavy atom. The Kier molecular flexibility index (Phi) is 4.80. The summed E-state index contributed by atoms with van der Waals surface area (Å²) in [5, 5.41) is 12.3. The first-order valence-electron chi connectivity index (χ1n) is 8.14. The highest BCUT2D eigenvalue weighted by molar-refractivity contribution is 5.62. The molecule has 1 aliphatic rings. The number of benzene rings is 1. The van der Waals surface area contributed by atoms with Gasteiger partial charge in [0.15, 0.2) is 11.4 Å². The van der Waals surface area contributed by atoms with Crippen molar-refractivity contribution in [2.45, 2.75) is 32.1 Å². The van der Waals surface area contributed by atoms with E-state index >= 15 is 0 Å². The van der Waals surface area contributed by atoms with Gasteiger partial charge in [0.2, 0.25) is 0 Å². The molecule has 0 saturated heterocycles. The number of anilines is 2. The van der Waals surface area contributed by atoms with Crippen LogP contribution in [-0.4, -0.2) is 17.1 Å². The number of rotatable bonds is 5. The number of ether oxygens (including phenoxy) is 1. The van der Waals surface area contributed by atoms with Crippen LogP contribution in [0.2, 0.25) is 0 Å². The molecule has 0 atom stereocenters. The van der Waals surface area contributed by atoms with E-state index in [1.165, 1.54) is 25.7 Å². The average Bonchev–Trinajstić information content (AvgIpc) is 3.08. The van der Waals surface area contributed by atoms with Crippen LogP contribution in [0.1, 0.15) is 37.1 Å². The van der Waals surface area contributed by atoms with Gasteiger partial charge in [-0.3, -0.25) is 4.79 Å². The average molecular weight is 324 g/mol. The molecule has 6 heteroatoms. The molecule has 0 spiro atoms. The van der Waals surface area contributed by atoms with Gasteiger partial charge >= 0.3 is 0 Å². The number of nitrogens with zero attached hydrogens (tertiary/aromatic N) is 2. The smallest absolute Gasteiger partial charge is 0.271 e. The molecule has 0 unspecified atom stereocenters. The van der Waals surface area contributed by atoms with Crippen molar-refractivity contribution in [2.75, 3.05) is 12.4 Å². The Hall–Kier alpha value is -2.81. The lowest BCUT2D eigenvalue weighted by Gasteiger charge is -2.12. The number of aromatic nitrogens is 2. The van der Waals surface area contributed by atoms with Crippen molar-refractivity contribution >= 4 is 11.5 Å². The van der Waals surface area contributed by atoms with Gasteiger partial charge in [0, 0.05) is 12.1 Å². The zero-order chi connectivity index (χ0) is 16.9. The number of H-pyrrole nitrogens is 1. The zero-order valence-corrected chi connectivity index (χ0v) is 13.6. The Morgan fingerprint density at radius 2 is 2.04 bits per heavy atom. The van der Waals surface area contributed by atoms with Crippen molar-refractivity contribution in [2.24, 2.45) is 5.92 Å². The molecule has 1 aromatic heterocycles. The van der Waals surface area contributed by atoms with Crippen LogP contribution >= 0.6 is 0 Å². The molecular formula is C18H20N4O2. The van der Waals surface area contributed by atoms with Crippen LogP contribution in [0.15, 0.2) is 29.1 Å².